The highest BCUT2D eigenvalue weighted by Crippen LogP contribution is 2.25. The summed E-state index contributed by atoms with van der Waals surface area (Å²) >= 11 is 11.6. The summed E-state index contributed by atoms with van der Waals surface area (Å²) in [4.78, 5) is 9.00. The molecule has 6 heteroatoms. The average Bonchev–Trinajstić information content (AvgIpc) is 2.09. The predicted molar refractivity (Wildman–Crippen MR) is 55.7 cm³/mol. The van der Waals surface area contributed by atoms with Crippen LogP contribution < -0.4 is 0 Å². The molecule has 1 aliphatic rings. The van der Waals surface area contributed by atoms with Crippen molar-refractivity contribution in [1.29, 1.82) is 0 Å². The zero-order valence-corrected chi connectivity index (χ0v) is 9.29. The minimum atomic E-state index is -0.833. The Morgan fingerprint density at radius 1 is 1.57 bits per heavy atom. The third kappa shape index (κ3) is 5.29. The number of nitrogens with zero attached hydrogens (tertiary/aromatic N) is 1. The van der Waals surface area contributed by atoms with E-state index in [4.69, 9.17) is 38.3 Å². The summed E-state index contributed by atoms with van der Waals surface area (Å²) in [5.74, 6) is -0.833. The van der Waals surface area contributed by atoms with Crippen LogP contribution in [0.3, 0.4) is 0 Å². The number of halogens is 2. The van der Waals surface area contributed by atoms with Crippen molar-refractivity contribution in [2.24, 2.45) is 5.16 Å². The van der Waals surface area contributed by atoms with E-state index in [-0.39, 0.29) is 10.8 Å². The molecule has 1 rings (SSSR count). The SMILES string of the molecule is CC(=O)O.ON=C1CCCC(Cl)C1Cl. The Bertz CT molecular complexity index is 217. The molecule has 0 aliphatic heterocycles. The molecule has 0 aromatic carbocycles. The van der Waals surface area contributed by atoms with E-state index in [1.54, 1.807) is 0 Å². The maximum Gasteiger partial charge on any atom is 0.300 e. The predicted octanol–water partition coefficient (Wildman–Crippen LogP) is 2.31. The summed E-state index contributed by atoms with van der Waals surface area (Å²) in [7, 11) is 0. The number of oxime groups is 1. The van der Waals surface area contributed by atoms with Crippen LogP contribution in [-0.4, -0.2) is 32.7 Å². The first-order valence-corrected chi connectivity index (χ1v) is 5.04. The monoisotopic (exact) mass is 241 g/mol. The highest BCUT2D eigenvalue weighted by atomic mass is 35.5. The fraction of sp³-hybridized carbons (Fsp3) is 0.750. The molecule has 2 atom stereocenters. The van der Waals surface area contributed by atoms with Crippen molar-refractivity contribution in [2.75, 3.05) is 0 Å². The van der Waals surface area contributed by atoms with Gasteiger partial charge in [0.25, 0.3) is 5.97 Å². The van der Waals surface area contributed by atoms with Crippen LogP contribution in [0.25, 0.3) is 0 Å². The normalized spacial score (nSPS) is 29.2. The molecular weight excluding hydrogens is 229 g/mol. The van der Waals surface area contributed by atoms with Crippen LogP contribution in [0.15, 0.2) is 5.16 Å². The minimum absolute atomic E-state index is 0.0682. The molecule has 0 heterocycles. The van der Waals surface area contributed by atoms with Gasteiger partial charge in [0.05, 0.1) is 16.5 Å². The third-order valence-corrected chi connectivity index (χ3v) is 2.83. The van der Waals surface area contributed by atoms with Crippen molar-refractivity contribution in [3.8, 4) is 0 Å². The molecule has 4 nitrogen and oxygen atoms in total. The molecule has 1 saturated carbocycles. The van der Waals surface area contributed by atoms with Crippen LogP contribution in [0.2, 0.25) is 0 Å². The van der Waals surface area contributed by atoms with Crippen molar-refractivity contribution in [2.45, 2.75) is 36.9 Å². The molecule has 1 aliphatic carbocycles. The molecule has 0 radical (unpaired) electrons. The summed E-state index contributed by atoms with van der Waals surface area (Å²) in [6, 6.07) is 0. The van der Waals surface area contributed by atoms with Gasteiger partial charge in [-0.15, -0.1) is 23.2 Å². The van der Waals surface area contributed by atoms with Gasteiger partial charge in [0, 0.05) is 6.92 Å². The molecule has 0 aromatic heterocycles. The van der Waals surface area contributed by atoms with Crippen molar-refractivity contribution in [3.05, 3.63) is 0 Å². The molecule has 2 unspecified atom stereocenters. The topological polar surface area (TPSA) is 69.9 Å². The van der Waals surface area contributed by atoms with E-state index in [1.165, 1.54) is 0 Å². The van der Waals surface area contributed by atoms with Crippen LogP contribution in [0.5, 0.6) is 0 Å². The van der Waals surface area contributed by atoms with Gasteiger partial charge in [-0.2, -0.15) is 0 Å². The van der Waals surface area contributed by atoms with E-state index >= 15 is 0 Å². The van der Waals surface area contributed by atoms with Crippen molar-refractivity contribution < 1.29 is 15.1 Å². The Balaban J connectivity index is 0.000000364. The minimum Gasteiger partial charge on any atom is -0.481 e. The number of carboxylic acid groups (broad SMARTS) is 1. The van der Waals surface area contributed by atoms with Crippen molar-refractivity contribution >= 4 is 34.9 Å². The molecule has 0 spiro atoms. The van der Waals surface area contributed by atoms with Crippen LogP contribution in [0.4, 0.5) is 0 Å². The molecule has 0 aromatic rings. The zero-order chi connectivity index (χ0) is 11.1. The second kappa shape index (κ2) is 6.90. The van der Waals surface area contributed by atoms with Crippen LogP contribution in [-0.2, 0) is 4.79 Å². The molecule has 0 bridgehead atoms. The highest BCUT2D eigenvalue weighted by Gasteiger charge is 2.26. The molecule has 14 heavy (non-hydrogen) atoms. The van der Waals surface area contributed by atoms with E-state index in [0.717, 1.165) is 26.2 Å². The number of aliphatic carboxylic acids is 1. The molecule has 82 valence electrons. The number of rotatable bonds is 0. The summed E-state index contributed by atoms with van der Waals surface area (Å²) in [6.45, 7) is 1.08. The Morgan fingerprint density at radius 2 is 2.07 bits per heavy atom. The van der Waals surface area contributed by atoms with Gasteiger partial charge in [-0.3, -0.25) is 4.79 Å². The van der Waals surface area contributed by atoms with Gasteiger partial charge in [-0.25, -0.2) is 0 Å². The second-order valence-electron chi connectivity index (χ2n) is 2.92. The summed E-state index contributed by atoms with van der Waals surface area (Å²) in [5.41, 5.74) is 0.618. The van der Waals surface area contributed by atoms with Gasteiger partial charge in [0.15, 0.2) is 0 Å². The number of carboxylic acids is 1. The molecule has 0 saturated heterocycles. The maximum absolute atomic E-state index is 9.00. The van der Waals surface area contributed by atoms with Gasteiger partial charge < -0.3 is 10.3 Å². The first-order valence-electron chi connectivity index (χ1n) is 4.17. The van der Waals surface area contributed by atoms with Crippen molar-refractivity contribution in [3.63, 3.8) is 0 Å². The van der Waals surface area contributed by atoms with Crippen molar-refractivity contribution in [1.82, 2.24) is 0 Å². The lowest BCUT2D eigenvalue weighted by Crippen LogP contribution is -2.29. The van der Waals surface area contributed by atoms with Gasteiger partial charge in [-0.1, -0.05) is 5.16 Å². The highest BCUT2D eigenvalue weighted by molar-refractivity contribution is 6.38. The number of hydrogen-bond donors (Lipinski definition) is 2. The third-order valence-electron chi connectivity index (χ3n) is 1.68. The molecule has 0 amide bonds. The number of carbonyl (C=O) groups is 1. The fourth-order valence-electron chi connectivity index (χ4n) is 1.08. The quantitative estimate of drug-likeness (QED) is 0.389. The Hall–Kier alpha value is -0.480. The fourth-order valence-corrected chi connectivity index (χ4v) is 1.65. The van der Waals surface area contributed by atoms with E-state index < -0.39 is 5.97 Å². The lowest BCUT2D eigenvalue weighted by atomic mass is 9.98. The number of alkyl halides is 2. The Labute approximate surface area is 92.5 Å². The smallest absolute Gasteiger partial charge is 0.300 e. The summed E-state index contributed by atoms with van der Waals surface area (Å²) in [6.07, 6.45) is 2.65. The second-order valence-corrected chi connectivity index (χ2v) is 3.95. The lowest BCUT2D eigenvalue weighted by Gasteiger charge is -2.21. The standard InChI is InChI=1S/C6H9Cl2NO.C2H4O2/c7-4-2-1-3-5(9-10)6(4)8;1-2(3)4/h4,6,10H,1-3H2;1H3,(H,3,4). The average molecular weight is 242 g/mol. The maximum atomic E-state index is 9.00. The van der Waals surface area contributed by atoms with Gasteiger partial charge in [-0.05, 0) is 19.3 Å². The van der Waals surface area contributed by atoms with Crippen LogP contribution in [0.1, 0.15) is 26.2 Å². The van der Waals surface area contributed by atoms with Gasteiger partial charge in [0.1, 0.15) is 0 Å². The molecule has 2 N–H and O–H groups in total. The first kappa shape index (κ1) is 13.5. The lowest BCUT2D eigenvalue weighted by molar-refractivity contribution is -0.134. The van der Waals surface area contributed by atoms with Crippen LogP contribution in [0, 0.1) is 0 Å². The first-order chi connectivity index (χ1) is 6.49. The van der Waals surface area contributed by atoms with Crippen LogP contribution >= 0.6 is 23.2 Å². The number of hydrogen-bond acceptors (Lipinski definition) is 3. The van der Waals surface area contributed by atoms with E-state index in [0.29, 0.717) is 5.71 Å². The summed E-state index contributed by atoms with van der Waals surface area (Å²) in [5, 5.41) is 18.6. The molecular formula is C8H13Cl2NO3. The largest absolute Gasteiger partial charge is 0.481 e. The van der Waals surface area contributed by atoms with E-state index in [1.807, 2.05) is 0 Å². The summed E-state index contributed by atoms with van der Waals surface area (Å²) < 4.78 is 0. The Morgan fingerprint density at radius 3 is 2.43 bits per heavy atom. The van der Waals surface area contributed by atoms with E-state index in [2.05, 4.69) is 5.16 Å². The van der Waals surface area contributed by atoms with Gasteiger partial charge in [0.2, 0.25) is 0 Å². The van der Waals surface area contributed by atoms with E-state index in [9.17, 15) is 0 Å². The molecule has 1 fully saturated rings. The van der Waals surface area contributed by atoms with Gasteiger partial charge >= 0.3 is 0 Å². The zero-order valence-electron chi connectivity index (χ0n) is 7.78. The Kier molecular flexibility index (Phi) is 6.66.